The molecule has 0 amide bonds. The molecule has 1 aliphatic heterocycles. The third kappa shape index (κ3) is 4.56. The van der Waals surface area contributed by atoms with Gasteiger partial charge in [0.1, 0.15) is 5.82 Å². The lowest BCUT2D eigenvalue weighted by Crippen LogP contribution is -2.38. The lowest BCUT2D eigenvalue weighted by atomic mass is 10.5. The number of halogens is 2. The molecule has 0 atom stereocenters. The van der Waals surface area contributed by atoms with Crippen LogP contribution in [0, 0.1) is 0 Å². The average Bonchev–Trinajstić information content (AvgIpc) is 1.99. The Morgan fingerprint density at radius 1 is 1.67 bits per heavy atom. The zero-order valence-corrected chi connectivity index (χ0v) is 8.13. The van der Waals surface area contributed by atoms with Crippen molar-refractivity contribution in [2.24, 2.45) is 5.10 Å². The van der Waals surface area contributed by atoms with Crippen molar-refractivity contribution < 1.29 is 21.8 Å². The number of nitrogens with zero attached hydrogens (tertiary/aromatic N) is 2. The Morgan fingerprint density at radius 3 is 2.87 bits per heavy atom. The molecule has 1 heterocycles. The zero-order chi connectivity index (χ0) is 11.5. The van der Waals surface area contributed by atoms with Gasteiger partial charge in [-0.05, 0) is 5.34 Å². The minimum Gasteiger partial charge on any atom is -0.369 e. The maximum absolute atomic E-state index is 12.5. The third-order valence-corrected chi connectivity index (χ3v) is 2.05. The normalized spacial score (nSPS) is 16.6. The summed E-state index contributed by atoms with van der Waals surface area (Å²) in [6, 6.07) is 0. The second-order valence-electron chi connectivity index (χ2n) is 2.57. The second-order valence-corrected chi connectivity index (χ2v) is 4.14. The van der Waals surface area contributed by atoms with Crippen molar-refractivity contribution in [2.75, 3.05) is 12.3 Å². The van der Waals surface area contributed by atoms with Crippen molar-refractivity contribution in [1.82, 2.24) is 16.1 Å². The summed E-state index contributed by atoms with van der Waals surface area (Å²) in [5, 5.41) is 4.69. The van der Waals surface area contributed by atoms with Crippen LogP contribution in [0.15, 0.2) is 17.0 Å². The number of hydrogen-bond donors (Lipinski definition) is 3. The average molecular weight is 242 g/mol. The van der Waals surface area contributed by atoms with E-state index in [9.17, 15) is 17.3 Å². The molecule has 0 aromatic heterocycles. The summed E-state index contributed by atoms with van der Waals surface area (Å²) in [6.07, 6.45) is 0.833. The van der Waals surface area contributed by atoms with Crippen LogP contribution in [-0.2, 0) is 10.1 Å². The fourth-order valence-corrected chi connectivity index (χ4v) is 1.15. The van der Waals surface area contributed by atoms with E-state index in [4.69, 9.17) is 4.55 Å². The number of allylic oxidation sites excluding steroid dienone is 1. The maximum atomic E-state index is 12.5. The van der Waals surface area contributed by atoms with E-state index in [1.165, 1.54) is 0 Å². The number of hydrazone groups is 1. The van der Waals surface area contributed by atoms with Crippen LogP contribution in [0.3, 0.4) is 0 Å². The van der Waals surface area contributed by atoms with Gasteiger partial charge in [-0.2, -0.15) is 12.8 Å². The van der Waals surface area contributed by atoms with Gasteiger partial charge < -0.3 is 5.32 Å². The summed E-state index contributed by atoms with van der Waals surface area (Å²) in [6.45, 7) is -0.196. The standard InChI is InChI=1S/C5H8F2N4O3S/c6-4-3-5(10-11(7)9-4)8-1-2-15(12,13)14/h3,8,10H,1-2H2,(H,12,13,14). The Morgan fingerprint density at radius 2 is 2.33 bits per heavy atom. The van der Waals surface area contributed by atoms with E-state index in [2.05, 4.69) is 10.4 Å². The van der Waals surface area contributed by atoms with Gasteiger partial charge in [0.25, 0.3) is 10.1 Å². The van der Waals surface area contributed by atoms with Gasteiger partial charge in [-0.25, -0.2) is 5.43 Å². The van der Waals surface area contributed by atoms with Crippen molar-refractivity contribution in [2.45, 2.75) is 0 Å². The van der Waals surface area contributed by atoms with Gasteiger partial charge in [0.15, 0.2) is 0 Å². The number of nitrogens with one attached hydrogen (secondary N) is 2. The first-order valence-corrected chi connectivity index (χ1v) is 5.35. The molecule has 10 heteroatoms. The van der Waals surface area contributed by atoms with Crippen LogP contribution < -0.4 is 10.7 Å². The van der Waals surface area contributed by atoms with Crippen LogP contribution >= 0.6 is 0 Å². The molecule has 0 radical (unpaired) electrons. The van der Waals surface area contributed by atoms with Crippen LogP contribution in [0.1, 0.15) is 0 Å². The summed E-state index contributed by atoms with van der Waals surface area (Å²) >= 11 is 0. The topological polar surface area (TPSA) is 94.0 Å². The molecule has 0 bridgehead atoms. The van der Waals surface area contributed by atoms with E-state index in [0.29, 0.717) is 0 Å². The highest BCUT2D eigenvalue weighted by molar-refractivity contribution is 7.85. The Hall–Kier alpha value is -1.42. The number of hydrogen-bond acceptors (Lipinski definition) is 6. The summed E-state index contributed by atoms with van der Waals surface area (Å²) in [7, 11) is -4.10. The minimum atomic E-state index is -4.10. The molecule has 0 aromatic carbocycles. The van der Waals surface area contributed by atoms with Crippen molar-refractivity contribution in [1.29, 1.82) is 0 Å². The monoisotopic (exact) mass is 242 g/mol. The molecule has 15 heavy (non-hydrogen) atoms. The van der Waals surface area contributed by atoms with Gasteiger partial charge in [-0.3, -0.25) is 4.55 Å². The molecule has 7 nitrogen and oxygen atoms in total. The SMILES string of the molecule is O=S(=O)(O)CCNC1=CC(F)=NN(F)N1. The molecular formula is C5H8F2N4O3S. The fourth-order valence-electron chi connectivity index (χ4n) is 0.794. The molecule has 0 saturated heterocycles. The van der Waals surface area contributed by atoms with Gasteiger partial charge >= 0.3 is 0 Å². The summed E-state index contributed by atoms with van der Waals surface area (Å²) in [5.41, 5.74) is 1.95. The van der Waals surface area contributed by atoms with Crippen LogP contribution in [0.25, 0.3) is 0 Å². The highest BCUT2D eigenvalue weighted by Crippen LogP contribution is 2.01. The Balaban J connectivity index is 2.43. The number of rotatable bonds is 4. The first kappa shape index (κ1) is 11.7. The highest BCUT2D eigenvalue weighted by atomic mass is 32.2. The lowest BCUT2D eigenvalue weighted by molar-refractivity contribution is -0.0229. The molecular weight excluding hydrogens is 234 g/mol. The van der Waals surface area contributed by atoms with E-state index >= 15 is 0 Å². The molecule has 0 fully saturated rings. The van der Waals surface area contributed by atoms with Gasteiger partial charge in [-0.1, -0.05) is 9.58 Å². The molecule has 0 unspecified atom stereocenters. The molecule has 1 rings (SSSR count). The Bertz CT molecular complexity index is 393. The van der Waals surface area contributed by atoms with E-state index in [-0.39, 0.29) is 17.7 Å². The molecule has 0 aromatic rings. The molecule has 86 valence electrons. The Kier molecular flexibility index (Phi) is 3.42. The van der Waals surface area contributed by atoms with Gasteiger partial charge in [0.2, 0.25) is 5.97 Å². The van der Waals surface area contributed by atoms with E-state index in [1.54, 1.807) is 0 Å². The zero-order valence-electron chi connectivity index (χ0n) is 7.31. The van der Waals surface area contributed by atoms with Crippen LogP contribution in [0.2, 0.25) is 0 Å². The van der Waals surface area contributed by atoms with Gasteiger partial charge in [0, 0.05) is 12.6 Å². The van der Waals surface area contributed by atoms with Gasteiger partial charge in [-0.15, -0.1) is 0 Å². The first-order valence-electron chi connectivity index (χ1n) is 3.74. The molecule has 0 spiro atoms. The van der Waals surface area contributed by atoms with Crippen molar-refractivity contribution in [3.8, 4) is 0 Å². The fraction of sp³-hybridized carbons (Fsp3) is 0.400. The highest BCUT2D eigenvalue weighted by Gasteiger charge is 2.12. The summed E-state index contributed by atoms with van der Waals surface area (Å²) in [5.74, 6) is -1.75. The lowest BCUT2D eigenvalue weighted by Gasteiger charge is -2.17. The minimum absolute atomic E-state index is 0.103. The molecule has 3 N–H and O–H groups in total. The molecule has 0 aliphatic carbocycles. The predicted octanol–water partition coefficient (Wildman–Crippen LogP) is -0.707. The Labute approximate surface area is 84.1 Å². The van der Waals surface area contributed by atoms with Gasteiger partial charge in [0.05, 0.1) is 5.75 Å². The number of hydrazine groups is 1. The second kappa shape index (κ2) is 4.40. The predicted molar refractivity (Wildman–Crippen MR) is 47.1 cm³/mol. The summed E-state index contributed by atoms with van der Waals surface area (Å²) in [4.78, 5) is 0. The van der Waals surface area contributed by atoms with Crippen LogP contribution in [0.4, 0.5) is 8.87 Å². The van der Waals surface area contributed by atoms with Crippen molar-refractivity contribution in [3.63, 3.8) is 0 Å². The molecule has 1 aliphatic rings. The van der Waals surface area contributed by atoms with Crippen molar-refractivity contribution >= 4 is 16.1 Å². The van der Waals surface area contributed by atoms with Crippen LogP contribution in [-0.4, -0.2) is 36.6 Å². The molecule has 0 saturated carbocycles. The third-order valence-electron chi connectivity index (χ3n) is 1.33. The van der Waals surface area contributed by atoms with Crippen LogP contribution in [0.5, 0.6) is 0 Å². The van der Waals surface area contributed by atoms with E-state index in [0.717, 1.165) is 6.08 Å². The smallest absolute Gasteiger partial charge is 0.266 e. The largest absolute Gasteiger partial charge is 0.369 e. The van der Waals surface area contributed by atoms with E-state index in [1.807, 2.05) is 5.43 Å². The quantitative estimate of drug-likeness (QED) is 0.445. The van der Waals surface area contributed by atoms with E-state index < -0.39 is 21.8 Å². The summed E-state index contributed by atoms with van der Waals surface area (Å²) < 4.78 is 53.8. The maximum Gasteiger partial charge on any atom is 0.266 e. The van der Waals surface area contributed by atoms with Crippen molar-refractivity contribution in [3.05, 3.63) is 11.9 Å². The first-order chi connectivity index (χ1) is 6.87.